The Balaban J connectivity index is 1.50. The van der Waals surface area contributed by atoms with Crippen molar-refractivity contribution in [2.45, 2.75) is 6.42 Å². The van der Waals surface area contributed by atoms with Crippen molar-refractivity contribution in [2.24, 2.45) is 0 Å². The van der Waals surface area contributed by atoms with Crippen LogP contribution in [0.5, 0.6) is 0 Å². The fraction of sp³-hybridized carbons (Fsp3) is 0.136. The summed E-state index contributed by atoms with van der Waals surface area (Å²) < 4.78 is 5.25. The van der Waals surface area contributed by atoms with E-state index in [1.807, 2.05) is 24.7 Å². The van der Waals surface area contributed by atoms with E-state index in [-0.39, 0.29) is 0 Å². The van der Waals surface area contributed by atoms with Gasteiger partial charge in [-0.25, -0.2) is 0 Å². The first kappa shape index (κ1) is 16.3. The number of hydrogen-bond acceptors (Lipinski definition) is 5. The molecule has 7 heteroatoms. The van der Waals surface area contributed by atoms with Gasteiger partial charge in [0.05, 0.1) is 47.3 Å². The van der Waals surface area contributed by atoms with Crippen LogP contribution < -0.4 is 5.32 Å². The summed E-state index contributed by atoms with van der Waals surface area (Å²) in [4.78, 5) is 12.5. The van der Waals surface area contributed by atoms with Crippen LogP contribution in [0.4, 0.5) is 0 Å². The zero-order chi connectivity index (χ0) is 19.2. The molecule has 0 radical (unpaired) electrons. The van der Waals surface area contributed by atoms with E-state index in [1.54, 1.807) is 12.5 Å². The van der Waals surface area contributed by atoms with Gasteiger partial charge in [0.15, 0.2) is 0 Å². The highest BCUT2D eigenvalue weighted by atomic mass is 16.3. The molecule has 0 atom stereocenters. The van der Waals surface area contributed by atoms with Crippen LogP contribution in [0, 0.1) is 0 Å². The first-order valence-electron chi connectivity index (χ1n) is 9.61. The molecule has 3 N–H and O–H groups in total. The monoisotopic (exact) mass is 382 g/mol. The molecule has 0 saturated carbocycles. The lowest BCUT2D eigenvalue weighted by atomic mass is 10.0. The largest absolute Gasteiger partial charge is 0.472 e. The van der Waals surface area contributed by atoms with Gasteiger partial charge in [-0.05, 0) is 36.7 Å². The smallest absolute Gasteiger partial charge is 0.116 e. The lowest BCUT2D eigenvalue weighted by Gasteiger charge is -2.13. The zero-order valence-corrected chi connectivity index (χ0v) is 15.6. The van der Waals surface area contributed by atoms with Crippen LogP contribution in [-0.4, -0.2) is 38.2 Å². The Labute approximate surface area is 165 Å². The number of aromatic amines is 2. The molecule has 0 aromatic carbocycles. The number of aromatic nitrogens is 5. The maximum absolute atomic E-state index is 5.25. The first-order valence-corrected chi connectivity index (χ1v) is 9.61. The van der Waals surface area contributed by atoms with Crippen molar-refractivity contribution in [2.75, 3.05) is 13.1 Å². The van der Waals surface area contributed by atoms with E-state index in [2.05, 4.69) is 48.7 Å². The van der Waals surface area contributed by atoms with Crippen LogP contribution in [0.25, 0.3) is 49.9 Å². The van der Waals surface area contributed by atoms with Crippen LogP contribution >= 0.6 is 0 Å². The standard InChI is InChI=1S/C22H18N6O/c1-4-23-5-2-13(1)18-8-16-21(11-25-18)27-28-22(16)19-7-15-17(14-3-6-29-12-14)9-24-10-20(15)26-19/h1,3,6-12,23,26H,2,4-5H2,(H,27,28). The third-order valence-electron chi connectivity index (χ3n) is 5.47. The summed E-state index contributed by atoms with van der Waals surface area (Å²) in [5.41, 5.74) is 8.04. The topological polar surface area (TPSA) is 95.4 Å². The van der Waals surface area contributed by atoms with Crippen molar-refractivity contribution in [1.82, 2.24) is 30.5 Å². The van der Waals surface area contributed by atoms with E-state index in [4.69, 9.17) is 4.42 Å². The molecule has 7 nitrogen and oxygen atoms in total. The van der Waals surface area contributed by atoms with Gasteiger partial charge in [0.25, 0.3) is 0 Å². The molecule has 5 aromatic rings. The van der Waals surface area contributed by atoms with E-state index < -0.39 is 0 Å². The number of nitrogens with one attached hydrogen (secondary N) is 3. The van der Waals surface area contributed by atoms with Gasteiger partial charge < -0.3 is 14.7 Å². The minimum Gasteiger partial charge on any atom is -0.472 e. The van der Waals surface area contributed by atoms with Crippen LogP contribution in [0.1, 0.15) is 12.1 Å². The maximum atomic E-state index is 5.25. The van der Waals surface area contributed by atoms with Gasteiger partial charge in [-0.15, -0.1) is 0 Å². The van der Waals surface area contributed by atoms with Crippen molar-refractivity contribution in [3.63, 3.8) is 0 Å². The van der Waals surface area contributed by atoms with Crippen molar-refractivity contribution < 1.29 is 4.42 Å². The van der Waals surface area contributed by atoms with E-state index in [9.17, 15) is 0 Å². The van der Waals surface area contributed by atoms with E-state index in [1.165, 1.54) is 5.57 Å². The van der Waals surface area contributed by atoms with Crippen LogP contribution in [-0.2, 0) is 0 Å². The van der Waals surface area contributed by atoms with Gasteiger partial charge in [0, 0.05) is 34.6 Å². The summed E-state index contributed by atoms with van der Waals surface area (Å²) in [7, 11) is 0. The highest BCUT2D eigenvalue weighted by Gasteiger charge is 2.16. The summed E-state index contributed by atoms with van der Waals surface area (Å²) in [6.07, 6.45) is 12.2. The quantitative estimate of drug-likeness (QED) is 0.436. The Hall–Kier alpha value is -3.71. The summed E-state index contributed by atoms with van der Waals surface area (Å²) in [5.74, 6) is 0. The molecule has 5 aromatic heterocycles. The molecule has 1 aliphatic rings. The lowest BCUT2D eigenvalue weighted by Crippen LogP contribution is -2.20. The van der Waals surface area contributed by atoms with Crippen molar-refractivity contribution >= 4 is 27.4 Å². The predicted octanol–water partition coefficient (Wildman–Crippen LogP) is 4.14. The highest BCUT2D eigenvalue weighted by Crippen LogP contribution is 2.34. The average molecular weight is 382 g/mol. The number of furan rings is 1. The Morgan fingerprint density at radius 2 is 2.03 bits per heavy atom. The van der Waals surface area contributed by atoms with E-state index >= 15 is 0 Å². The number of H-pyrrole nitrogens is 2. The summed E-state index contributed by atoms with van der Waals surface area (Å²) in [6.45, 7) is 1.87. The predicted molar refractivity (Wildman–Crippen MR) is 112 cm³/mol. The van der Waals surface area contributed by atoms with Crippen molar-refractivity contribution in [3.8, 4) is 22.5 Å². The minimum atomic E-state index is 0.882. The Bertz CT molecular complexity index is 1360. The number of hydrogen-bond donors (Lipinski definition) is 3. The molecular weight excluding hydrogens is 364 g/mol. The fourth-order valence-electron chi connectivity index (χ4n) is 3.98. The van der Waals surface area contributed by atoms with Crippen LogP contribution in [0.3, 0.4) is 0 Å². The second kappa shape index (κ2) is 6.42. The Kier molecular flexibility index (Phi) is 3.60. The number of rotatable bonds is 3. The molecule has 1 aliphatic heterocycles. The molecule has 0 fully saturated rings. The van der Waals surface area contributed by atoms with E-state index in [0.29, 0.717) is 0 Å². The van der Waals surface area contributed by atoms with Crippen molar-refractivity contribution in [1.29, 1.82) is 0 Å². The van der Waals surface area contributed by atoms with Gasteiger partial charge in [0.1, 0.15) is 5.69 Å². The molecule has 6 rings (SSSR count). The number of pyridine rings is 2. The molecule has 29 heavy (non-hydrogen) atoms. The molecule has 0 saturated heterocycles. The Morgan fingerprint density at radius 1 is 1.03 bits per heavy atom. The van der Waals surface area contributed by atoms with Gasteiger partial charge in [-0.1, -0.05) is 6.08 Å². The third kappa shape index (κ3) is 2.67. The molecule has 0 aliphatic carbocycles. The molecule has 142 valence electrons. The lowest BCUT2D eigenvalue weighted by molar-refractivity contribution is 0.568. The maximum Gasteiger partial charge on any atom is 0.116 e. The van der Waals surface area contributed by atoms with Crippen molar-refractivity contribution in [3.05, 3.63) is 61.1 Å². The molecule has 0 amide bonds. The minimum absolute atomic E-state index is 0.882. The van der Waals surface area contributed by atoms with Gasteiger partial charge >= 0.3 is 0 Å². The van der Waals surface area contributed by atoms with Crippen LogP contribution in [0.2, 0.25) is 0 Å². The number of nitrogens with zero attached hydrogens (tertiary/aromatic N) is 3. The normalized spacial score (nSPS) is 14.6. The van der Waals surface area contributed by atoms with E-state index in [0.717, 1.165) is 69.5 Å². The molecule has 6 heterocycles. The second-order valence-corrected chi connectivity index (χ2v) is 7.21. The molecule has 0 unspecified atom stereocenters. The zero-order valence-electron chi connectivity index (χ0n) is 15.6. The molecular formula is C22H18N6O. The summed E-state index contributed by atoms with van der Waals surface area (Å²) in [5, 5.41) is 13.2. The highest BCUT2D eigenvalue weighted by molar-refractivity contribution is 6.00. The summed E-state index contributed by atoms with van der Waals surface area (Å²) in [6, 6.07) is 6.20. The van der Waals surface area contributed by atoms with Gasteiger partial charge in [-0.3, -0.25) is 15.1 Å². The molecule has 0 bridgehead atoms. The number of fused-ring (bicyclic) bond motifs is 2. The third-order valence-corrected chi connectivity index (χ3v) is 5.47. The average Bonchev–Trinajstić information content (AvgIpc) is 3.52. The second-order valence-electron chi connectivity index (χ2n) is 7.21. The Morgan fingerprint density at radius 3 is 2.90 bits per heavy atom. The fourth-order valence-corrected chi connectivity index (χ4v) is 3.98. The SMILES string of the molecule is C1=C(c2cc3c(-c4cc5c(-c6ccoc6)cncc5[nH]4)n[nH]c3cn2)CCNC1. The van der Waals surface area contributed by atoms with Gasteiger partial charge in [-0.2, -0.15) is 5.10 Å². The first-order chi connectivity index (χ1) is 14.4. The summed E-state index contributed by atoms with van der Waals surface area (Å²) >= 11 is 0. The van der Waals surface area contributed by atoms with Crippen LogP contribution in [0.15, 0.2) is 59.8 Å². The molecule has 0 spiro atoms. The van der Waals surface area contributed by atoms with Gasteiger partial charge in [0.2, 0.25) is 0 Å².